The number of ether oxygens (including phenoxy) is 2. The van der Waals surface area contributed by atoms with Crippen molar-refractivity contribution in [1.82, 2.24) is 0 Å². The van der Waals surface area contributed by atoms with E-state index in [4.69, 9.17) is 9.47 Å². The highest BCUT2D eigenvalue weighted by Crippen LogP contribution is 2.26. The fourth-order valence-corrected chi connectivity index (χ4v) is 2.40. The molecule has 2 aromatic carbocycles. The zero-order valence-electron chi connectivity index (χ0n) is 14.0. The van der Waals surface area contributed by atoms with Gasteiger partial charge in [0.25, 0.3) is 5.79 Å². The minimum Gasteiger partial charge on any atom is -0.419 e. The van der Waals surface area contributed by atoms with Gasteiger partial charge in [-0.15, -0.1) is 0 Å². The Bertz CT molecular complexity index is 882. The van der Waals surface area contributed by atoms with Crippen molar-refractivity contribution in [1.29, 1.82) is 0 Å². The number of carbonyl (C=O) groups is 2. The van der Waals surface area contributed by atoms with E-state index in [1.807, 2.05) is 0 Å². The Morgan fingerprint density at radius 3 is 2.15 bits per heavy atom. The average Bonchev–Trinajstić information content (AvgIpc) is 2.54. The zero-order chi connectivity index (χ0) is 18.9. The van der Waals surface area contributed by atoms with Crippen molar-refractivity contribution in [3.05, 3.63) is 65.9 Å². The topological polar surface area (TPSA) is 64.6 Å². The van der Waals surface area contributed by atoms with E-state index in [2.05, 4.69) is 5.32 Å². The molecule has 0 saturated carbocycles. The smallest absolute Gasteiger partial charge is 0.350 e. The lowest BCUT2D eigenvalue weighted by molar-refractivity contribution is -0.222. The molecule has 0 radical (unpaired) electrons. The monoisotopic (exact) mass is 359 g/mol. The minimum atomic E-state index is -1.30. The van der Waals surface area contributed by atoms with Gasteiger partial charge < -0.3 is 14.8 Å². The van der Waals surface area contributed by atoms with Crippen molar-refractivity contribution in [3.8, 4) is 11.1 Å². The summed E-state index contributed by atoms with van der Waals surface area (Å²) in [4.78, 5) is 23.7. The first-order valence-electron chi connectivity index (χ1n) is 7.74. The summed E-state index contributed by atoms with van der Waals surface area (Å²) in [6.07, 6.45) is 1.19. The Balaban J connectivity index is 1.76. The molecule has 1 aliphatic rings. The molecule has 0 unspecified atom stereocenters. The molecule has 5 nitrogen and oxygen atoms in total. The number of hydrogen-bond donors (Lipinski definition) is 1. The van der Waals surface area contributed by atoms with Crippen LogP contribution in [0, 0.1) is 11.6 Å². The molecule has 0 spiro atoms. The van der Waals surface area contributed by atoms with Gasteiger partial charge in [0.15, 0.2) is 5.57 Å². The highest BCUT2D eigenvalue weighted by molar-refractivity contribution is 6.15. The zero-order valence-corrected chi connectivity index (χ0v) is 14.0. The number of esters is 2. The van der Waals surface area contributed by atoms with E-state index in [0.717, 1.165) is 6.07 Å². The summed E-state index contributed by atoms with van der Waals surface area (Å²) in [5.41, 5.74) is 1.10. The fourth-order valence-electron chi connectivity index (χ4n) is 2.40. The molecule has 0 bridgehead atoms. The van der Waals surface area contributed by atoms with Gasteiger partial charge >= 0.3 is 11.9 Å². The summed E-state index contributed by atoms with van der Waals surface area (Å²) in [6, 6.07) is 9.84. The highest BCUT2D eigenvalue weighted by Gasteiger charge is 2.38. The van der Waals surface area contributed by atoms with Crippen molar-refractivity contribution >= 4 is 17.6 Å². The Labute approximate surface area is 148 Å². The van der Waals surface area contributed by atoms with Gasteiger partial charge in [0.2, 0.25) is 0 Å². The molecule has 1 fully saturated rings. The molecule has 2 aromatic rings. The molecule has 7 heteroatoms. The van der Waals surface area contributed by atoms with Gasteiger partial charge in [-0.05, 0) is 29.8 Å². The molecular weight excluding hydrogens is 344 g/mol. The second kappa shape index (κ2) is 6.59. The van der Waals surface area contributed by atoms with Gasteiger partial charge in [-0.3, -0.25) is 0 Å². The van der Waals surface area contributed by atoms with Crippen molar-refractivity contribution in [2.24, 2.45) is 0 Å². The van der Waals surface area contributed by atoms with Crippen LogP contribution in [-0.4, -0.2) is 17.7 Å². The maximum atomic E-state index is 13.8. The largest absolute Gasteiger partial charge is 0.419 e. The van der Waals surface area contributed by atoms with Gasteiger partial charge in [0.05, 0.1) is 0 Å². The number of cyclic esters (lactones) is 2. The lowest BCUT2D eigenvalue weighted by Crippen LogP contribution is -2.42. The first-order chi connectivity index (χ1) is 12.2. The molecule has 134 valence electrons. The number of carbonyl (C=O) groups excluding carboxylic acids is 2. The normalized spacial score (nSPS) is 15.9. The quantitative estimate of drug-likeness (QED) is 0.514. The number of halogens is 2. The first kappa shape index (κ1) is 17.6. The van der Waals surface area contributed by atoms with Gasteiger partial charge in [0, 0.05) is 37.4 Å². The van der Waals surface area contributed by atoms with Gasteiger partial charge in [-0.25, -0.2) is 18.4 Å². The number of rotatable bonds is 3. The summed E-state index contributed by atoms with van der Waals surface area (Å²) in [6.45, 7) is 2.92. The molecule has 3 rings (SSSR count). The average molecular weight is 359 g/mol. The fraction of sp³-hybridized carbons (Fsp3) is 0.158. The molecule has 1 saturated heterocycles. The van der Waals surface area contributed by atoms with E-state index in [0.29, 0.717) is 11.3 Å². The van der Waals surface area contributed by atoms with Crippen LogP contribution in [0.4, 0.5) is 14.5 Å². The summed E-state index contributed by atoms with van der Waals surface area (Å²) in [7, 11) is 0. The van der Waals surface area contributed by atoms with Crippen LogP contribution in [0.3, 0.4) is 0 Å². The minimum absolute atomic E-state index is 0.262. The van der Waals surface area contributed by atoms with Crippen molar-refractivity contribution in [2.75, 3.05) is 5.32 Å². The third-order valence-electron chi connectivity index (χ3n) is 3.63. The molecule has 0 aliphatic carbocycles. The first-order valence-corrected chi connectivity index (χ1v) is 7.74. The van der Waals surface area contributed by atoms with Crippen molar-refractivity contribution in [2.45, 2.75) is 19.6 Å². The lowest BCUT2D eigenvalue weighted by Gasteiger charge is -2.29. The van der Waals surface area contributed by atoms with E-state index >= 15 is 0 Å². The number of hydrogen-bond acceptors (Lipinski definition) is 5. The van der Waals surface area contributed by atoms with E-state index in [1.54, 1.807) is 24.3 Å². The molecule has 0 aromatic heterocycles. The van der Waals surface area contributed by atoms with Crippen LogP contribution in [0.5, 0.6) is 0 Å². The second-order valence-corrected chi connectivity index (χ2v) is 6.08. The summed E-state index contributed by atoms with van der Waals surface area (Å²) >= 11 is 0. The number of benzene rings is 2. The third kappa shape index (κ3) is 3.72. The van der Waals surface area contributed by atoms with Crippen LogP contribution >= 0.6 is 0 Å². The van der Waals surface area contributed by atoms with Gasteiger partial charge in [-0.2, -0.15) is 0 Å². The maximum Gasteiger partial charge on any atom is 0.350 e. The molecule has 1 aliphatic heterocycles. The van der Waals surface area contributed by atoms with Crippen LogP contribution in [0.25, 0.3) is 11.1 Å². The van der Waals surface area contributed by atoms with Crippen LogP contribution in [0.2, 0.25) is 0 Å². The molecule has 1 N–H and O–H groups in total. The van der Waals surface area contributed by atoms with E-state index in [1.165, 1.54) is 32.2 Å². The SMILES string of the molecule is CC1(C)OC(=O)C(=CNc2ccc(-c3ccc(F)cc3F)cc2)C(=O)O1. The van der Waals surface area contributed by atoms with E-state index in [9.17, 15) is 18.4 Å². The standard InChI is InChI=1S/C19H15F2NO4/c1-19(2)25-17(23)15(18(24)26-19)10-22-13-6-3-11(4-7-13)14-8-5-12(20)9-16(14)21/h3-10,22H,1-2H3. The van der Waals surface area contributed by atoms with E-state index in [-0.39, 0.29) is 11.1 Å². The van der Waals surface area contributed by atoms with Gasteiger partial charge in [0.1, 0.15) is 11.6 Å². The summed E-state index contributed by atoms with van der Waals surface area (Å²) in [5, 5.41) is 2.79. The van der Waals surface area contributed by atoms with Crippen LogP contribution < -0.4 is 5.32 Å². The Morgan fingerprint density at radius 2 is 1.58 bits per heavy atom. The lowest BCUT2D eigenvalue weighted by atomic mass is 10.0. The molecular formula is C19H15F2NO4. The Morgan fingerprint density at radius 1 is 0.962 bits per heavy atom. The van der Waals surface area contributed by atoms with Gasteiger partial charge in [-0.1, -0.05) is 12.1 Å². The van der Waals surface area contributed by atoms with Crippen LogP contribution in [0.15, 0.2) is 54.2 Å². The molecule has 1 heterocycles. The molecule has 0 atom stereocenters. The predicted octanol–water partition coefficient (Wildman–Crippen LogP) is 3.76. The van der Waals surface area contributed by atoms with Crippen molar-refractivity contribution < 1.29 is 27.8 Å². The summed E-state index contributed by atoms with van der Waals surface area (Å²) in [5.74, 6) is -4.19. The van der Waals surface area contributed by atoms with Crippen molar-refractivity contribution in [3.63, 3.8) is 0 Å². The van der Waals surface area contributed by atoms with Crippen LogP contribution in [-0.2, 0) is 19.1 Å². The molecule has 26 heavy (non-hydrogen) atoms. The third-order valence-corrected chi connectivity index (χ3v) is 3.63. The predicted molar refractivity (Wildman–Crippen MR) is 89.8 cm³/mol. The highest BCUT2D eigenvalue weighted by atomic mass is 19.1. The number of anilines is 1. The Kier molecular flexibility index (Phi) is 4.46. The second-order valence-electron chi connectivity index (χ2n) is 6.08. The van der Waals surface area contributed by atoms with E-state index < -0.39 is 29.4 Å². The molecule has 0 amide bonds. The van der Waals surface area contributed by atoms with Crippen LogP contribution in [0.1, 0.15) is 13.8 Å². The number of nitrogens with one attached hydrogen (secondary N) is 1. The maximum absolute atomic E-state index is 13.8. The Hall–Kier alpha value is -3.22. The summed E-state index contributed by atoms with van der Waals surface area (Å²) < 4.78 is 36.8.